The standard InChI is InChI=1S/C13H16N4O2/c1-19-13(18)10-3-2-4-11-15-16-12(17(10)11)9-5-7-14-8-6-9/h2-4,9,14H,5-8H2,1H3. The van der Waals surface area contributed by atoms with E-state index in [4.69, 9.17) is 4.74 Å². The van der Waals surface area contributed by atoms with Crippen LogP contribution in [0, 0.1) is 0 Å². The Morgan fingerprint density at radius 3 is 2.89 bits per heavy atom. The summed E-state index contributed by atoms with van der Waals surface area (Å²) >= 11 is 0. The fourth-order valence-electron chi connectivity index (χ4n) is 2.57. The maximum atomic E-state index is 11.8. The van der Waals surface area contributed by atoms with Crippen LogP contribution < -0.4 is 5.32 Å². The van der Waals surface area contributed by atoms with Crippen molar-refractivity contribution in [2.24, 2.45) is 0 Å². The number of hydrogen-bond acceptors (Lipinski definition) is 5. The molecule has 6 nitrogen and oxygen atoms in total. The third-order valence-electron chi connectivity index (χ3n) is 3.55. The van der Waals surface area contributed by atoms with Gasteiger partial charge in [0.2, 0.25) is 0 Å². The van der Waals surface area contributed by atoms with E-state index in [0.717, 1.165) is 31.8 Å². The van der Waals surface area contributed by atoms with Gasteiger partial charge in [-0.2, -0.15) is 0 Å². The molecule has 0 bridgehead atoms. The van der Waals surface area contributed by atoms with E-state index >= 15 is 0 Å². The minimum Gasteiger partial charge on any atom is -0.464 e. The van der Waals surface area contributed by atoms with Crippen molar-refractivity contribution in [2.45, 2.75) is 18.8 Å². The second kappa shape index (κ2) is 4.97. The average molecular weight is 260 g/mol. The molecule has 0 atom stereocenters. The maximum Gasteiger partial charge on any atom is 0.355 e. The zero-order valence-electron chi connectivity index (χ0n) is 10.8. The molecule has 1 N–H and O–H groups in total. The molecule has 3 heterocycles. The van der Waals surface area contributed by atoms with E-state index in [2.05, 4.69) is 15.5 Å². The van der Waals surface area contributed by atoms with Crippen molar-refractivity contribution >= 4 is 11.6 Å². The molecule has 0 amide bonds. The Kier molecular flexibility index (Phi) is 3.16. The van der Waals surface area contributed by atoms with Crippen molar-refractivity contribution in [1.82, 2.24) is 19.9 Å². The van der Waals surface area contributed by atoms with Crippen molar-refractivity contribution in [3.05, 3.63) is 29.7 Å². The molecule has 3 rings (SSSR count). The quantitative estimate of drug-likeness (QED) is 0.815. The molecule has 1 fully saturated rings. The van der Waals surface area contributed by atoms with E-state index in [0.29, 0.717) is 17.3 Å². The number of methoxy groups -OCH3 is 1. The van der Waals surface area contributed by atoms with Gasteiger partial charge in [-0.15, -0.1) is 10.2 Å². The number of ether oxygens (including phenoxy) is 1. The van der Waals surface area contributed by atoms with Crippen LogP contribution in [-0.2, 0) is 4.74 Å². The number of piperidine rings is 1. The highest BCUT2D eigenvalue weighted by Gasteiger charge is 2.23. The number of nitrogens with one attached hydrogen (secondary N) is 1. The van der Waals surface area contributed by atoms with Crippen LogP contribution in [0.3, 0.4) is 0 Å². The van der Waals surface area contributed by atoms with E-state index in [1.807, 2.05) is 10.5 Å². The van der Waals surface area contributed by atoms with Gasteiger partial charge in [-0.3, -0.25) is 4.40 Å². The van der Waals surface area contributed by atoms with Crippen LogP contribution in [0.2, 0.25) is 0 Å². The monoisotopic (exact) mass is 260 g/mol. The number of pyridine rings is 1. The van der Waals surface area contributed by atoms with Gasteiger partial charge < -0.3 is 10.1 Å². The van der Waals surface area contributed by atoms with Gasteiger partial charge >= 0.3 is 5.97 Å². The topological polar surface area (TPSA) is 68.5 Å². The Morgan fingerprint density at radius 2 is 2.16 bits per heavy atom. The van der Waals surface area contributed by atoms with Crippen LogP contribution in [0.25, 0.3) is 5.65 Å². The van der Waals surface area contributed by atoms with E-state index in [-0.39, 0.29) is 5.97 Å². The maximum absolute atomic E-state index is 11.8. The lowest BCUT2D eigenvalue weighted by Gasteiger charge is -2.21. The molecule has 0 aromatic carbocycles. The fraction of sp³-hybridized carbons (Fsp3) is 0.462. The first-order valence-electron chi connectivity index (χ1n) is 6.44. The molecular weight excluding hydrogens is 244 g/mol. The van der Waals surface area contributed by atoms with Crippen molar-refractivity contribution in [1.29, 1.82) is 0 Å². The predicted octanol–water partition coefficient (Wildman–Crippen LogP) is 0.983. The van der Waals surface area contributed by atoms with Gasteiger partial charge in [0, 0.05) is 5.92 Å². The smallest absolute Gasteiger partial charge is 0.355 e. The fourth-order valence-corrected chi connectivity index (χ4v) is 2.57. The number of nitrogens with zero attached hydrogens (tertiary/aromatic N) is 3. The molecule has 2 aromatic heterocycles. The van der Waals surface area contributed by atoms with E-state index in [1.54, 1.807) is 12.1 Å². The molecule has 100 valence electrons. The van der Waals surface area contributed by atoms with Gasteiger partial charge in [0.05, 0.1) is 7.11 Å². The van der Waals surface area contributed by atoms with Gasteiger partial charge in [-0.25, -0.2) is 4.79 Å². The Labute approximate surface area is 110 Å². The SMILES string of the molecule is COC(=O)c1cccc2nnc(C3CCNCC3)n12. The summed E-state index contributed by atoms with van der Waals surface area (Å²) in [5.41, 5.74) is 1.18. The van der Waals surface area contributed by atoms with Crippen molar-refractivity contribution in [3.63, 3.8) is 0 Å². The Morgan fingerprint density at radius 1 is 1.37 bits per heavy atom. The molecule has 0 aliphatic carbocycles. The molecular formula is C13H16N4O2. The summed E-state index contributed by atoms with van der Waals surface area (Å²) in [6.07, 6.45) is 2.02. The molecule has 0 spiro atoms. The zero-order chi connectivity index (χ0) is 13.2. The molecule has 6 heteroatoms. The van der Waals surface area contributed by atoms with Crippen LogP contribution >= 0.6 is 0 Å². The summed E-state index contributed by atoms with van der Waals surface area (Å²) in [5, 5.41) is 11.8. The average Bonchev–Trinajstić information content (AvgIpc) is 2.91. The lowest BCUT2D eigenvalue weighted by Crippen LogP contribution is -2.28. The normalized spacial score (nSPS) is 16.7. The highest BCUT2D eigenvalue weighted by Crippen LogP contribution is 2.25. The van der Waals surface area contributed by atoms with Crippen molar-refractivity contribution < 1.29 is 9.53 Å². The van der Waals surface area contributed by atoms with E-state index < -0.39 is 0 Å². The van der Waals surface area contributed by atoms with Crippen LogP contribution in [0.5, 0.6) is 0 Å². The van der Waals surface area contributed by atoms with Crippen LogP contribution in [0.4, 0.5) is 0 Å². The second-order valence-corrected chi connectivity index (χ2v) is 4.68. The summed E-state index contributed by atoms with van der Waals surface area (Å²) in [6, 6.07) is 5.39. The molecule has 1 aliphatic rings. The first kappa shape index (κ1) is 12.1. The molecule has 0 unspecified atom stereocenters. The third kappa shape index (κ3) is 2.08. The predicted molar refractivity (Wildman–Crippen MR) is 69.2 cm³/mol. The summed E-state index contributed by atoms with van der Waals surface area (Å²) in [7, 11) is 1.38. The Hall–Kier alpha value is -1.95. The molecule has 19 heavy (non-hydrogen) atoms. The Balaban J connectivity index is 2.11. The largest absolute Gasteiger partial charge is 0.464 e. The van der Waals surface area contributed by atoms with Gasteiger partial charge in [-0.1, -0.05) is 6.07 Å². The number of esters is 1. The van der Waals surface area contributed by atoms with Crippen molar-refractivity contribution in [3.8, 4) is 0 Å². The molecule has 1 saturated heterocycles. The first-order chi connectivity index (χ1) is 9.31. The summed E-state index contributed by atoms with van der Waals surface area (Å²) in [6.45, 7) is 1.94. The number of carbonyl (C=O) groups is 1. The second-order valence-electron chi connectivity index (χ2n) is 4.68. The third-order valence-corrected chi connectivity index (χ3v) is 3.55. The van der Waals surface area contributed by atoms with Gasteiger partial charge in [-0.05, 0) is 38.1 Å². The Bertz CT molecular complexity index is 602. The summed E-state index contributed by atoms with van der Waals surface area (Å²) in [4.78, 5) is 11.8. The summed E-state index contributed by atoms with van der Waals surface area (Å²) < 4.78 is 6.65. The van der Waals surface area contributed by atoms with Gasteiger partial charge in [0.25, 0.3) is 0 Å². The van der Waals surface area contributed by atoms with Crippen LogP contribution in [-0.4, -0.2) is 40.8 Å². The molecule has 1 aliphatic heterocycles. The number of aromatic nitrogens is 3. The van der Waals surface area contributed by atoms with E-state index in [9.17, 15) is 4.79 Å². The minimum atomic E-state index is -0.361. The number of carbonyl (C=O) groups excluding carboxylic acids is 1. The lowest BCUT2D eigenvalue weighted by atomic mass is 9.97. The molecule has 0 radical (unpaired) electrons. The highest BCUT2D eigenvalue weighted by molar-refractivity contribution is 5.88. The number of fused-ring (bicyclic) bond motifs is 1. The first-order valence-corrected chi connectivity index (χ1v) is 6.44. The zero-order valence-corrected chi connectivity index (χ0v) is 10.8. The van der Waals surface area contributed by atoms with Crippen LogP contribution in [0.1, 0.15) is 35.1 Å². The van der Waals surface area contributed by atoms with Gasteiger partial charge in [0.1, 0.15) is 11.5 Å². The highest BCUT2D eigenvalue weighted by atomic mass is 16.5. The molecule has 2 aromatic rings. The minimum absolute atomic E-state index is 0.335. The van der Waals surface area contributed by atoms with Crippen molar-refractivity contribution in [2.75, 3.05) is 20.2 Å². The van der Waals surface area contributed by atoms with Crippen LogP contribution in [0.15, 0.2) is 18.2 Å². The van der Waals surface area contributed by atoms with E-state index in [1.165, 1.54) is 7.11 Å². The van der Waals surface area contributed by atoms with Gasteiger partial charge in [0.15, 0.2) is 5.65 Å². The molecule has 0 saturated carbocycles. The lowest BCUT2D eigenvalue weighted by molar-refractivity contribution is 0.0591. The summed E-state index contributed by atoms with van der Waals surface area (Å²) in [5.74, 6) is 0.833. The number of hydrogen-bond donors (Lipinski definition) is 1. The number of rotatable bonds is 2.